The third-order valence-corrected chi connectivity index (χ3v) is 3.88. The first-order valence-corrected chi connectivity index (χ1v) is 7.82. The summed E-state index contributed by atoms with van der Waals surface area (Å²) in [6.07, 6.45) is 0. The van der Waals surface area contributed by atoms with Gasteiger partial charge in [0.1, 0.15) is 0 Å². The van der Waals surface area contributed by atoms with Gasteiger partial charge < -0.3 is 15.1 Å². The molecule has 2 rings (SSSR count). The second-order valence-corrected chi connectivity index (χ2v) is 5.89. The fourth-order valence-corrected chi connectivity index (χ4v) is 2.53. The fraction of sp³-hybridized carbons (Fsp3) is 0.316. The summed E-state index contributed by atoms with van der Waals surface area (Å²) in [6, 6.07) is 20.3. The molecule has 0 saturated carbocycles. The Kier molecular flexibility index (Phi) is 6.18. The lowest BCUT2D eigenvalue weighted by Crippen LogP contribution is -2.39. The third-order valence-electron chi connectivity index (χ3n) is 3.88. The van der Waals surface area contributed by atoms with Gasteiger partial charge in [-0.2, -0.15) is 0 Å². The molecular formula is C19H25N3O. The van der Waals surface area contributed by atoms with Gasteiger partial charge in [0.2, 0.25) is 5.91 Å². The SMILES string of the molecule is CN(CC(=O)NCC(c1ccccc1)N(C)C)c1ccccc1. The van der Waals surface area contributed by atoms with E-state index in [-0.39, 0.29) is 11.9 Å². The van der Waals surface area contributed by atoms with Gasteiger partial charge in [0.25, 0.3) is 0 Å². The zero-order chi connectivity index (χ0) is 16.7. The predicted molar refractivity (Wildman–Crippen MR) is 95.6 cm³/mol. The molecule has 1 amide bonds. The Morgan fingerprint density at radius 2 is 1.52 bits per heavy atom. The molecule has 1 N–H and O–H groups in total. The minimum atomic E-state index is 0.0270. The molecule has 4 nitrogen and oxygen atoms in total. The van der Waals surface area contributed by atoms with Crippen LogP contribution in [-0.2, 0) is 4.79 Å². The number of carbonyl (C=O) groups is 1. The van der Waals surface area contributed by atoms with Crippen LogP contribution >= 0.6 is 0 Å². The fourth-order valence-electron chi connectivity index (χ4n) is 2.53. The monoisotopic (exact) mass is 311 g/mol. The van der Waals surface area contributed by atoms with Crippen molar-refractivity contribution in [3.8, 4) is 0 Å². The summed E-state index contributed by atoms with van der Waals surface area (Å²) >= 11 is 0. The van der Waals surface area contributed by atoms with Crippen LogP contribution in [0.25, 0.3) is 0 Å². The van der Waals surface area contributed by atoms with Crippen LogP contribution in [0, 0.1) is 0 Å². The number of anilines is 1. The van der Waals surface area contributed by atoms with Gasteiger partial charge in [0, 0.05) is 19.3 Å². The summed E-state index contributed by atoms with van der Waals surface area (Å²) in [7, 11) is 5.98. The van der Waals surface area contributed by atoms with Crippen LogP contribution in [0.5, 0.6) is 0 Å². The third kappa shape index (κ3) is 5.11. The van der Waals surface area contributed by atoms with E-state index in [9.17, 15) is 4.79 Å². The van der Waals surface area contributed by atoms with Crippen molar-refractivity contribution in [2.45, 2.75) is 6.04 Å². The number of carbonyl (C=O) groups excluding carboxylic acids is 1. The van der Waals surface area contributed by atoms with Gasteiger partial charge in [-0.05, 0) is 31.8 Å². The average Bonchev–Trinajstić information content (AvgIpc) is 2.56. The predicted octanol–water partition coefficient (Wildman–Crippen LogP) is 2.54. The van der Waals surface area contributed by atoms with Crippen LogP contribution in [0.1, 0.15) is 11.6 Å². The van der Waals surface area contributed by atoms with E-state index in [4.69, 9.17) is 0 Å². The van der Waals surface area contributed by atoms with Gasteiger partial charge in [0.15, 0.2) is 0 Å². The van der Waals surface area contributed by atoms with Crippen molar-refractivity contribution >= 4 is 11.6 Å². The zero-order valence-corrected chi connectivity index (χ0v) is 14.1. The minimum absolute atomic E-state index is 0.0270. The molecule has 0 aliphatic rings. The van der Waals surface area contributed by atoms with Crippen molar-refractivity contribution in [1.29, 1.82) is 0 Å². The van der Waals surface area contributed by atoms with E-state index < -0.39 is 0 Å². The lowest BCUT2D eigenvalue weighted by molar-refractivity contribution is -0.119. The highest BCUT2D eigenvalue weighted by Crippen LogP contribution is 2.16. The maximum Gasteiger partial charge on any atom is 0.239 e. The van der Waals surface area contributed by atoms with Crippen molar-refractivity contribution in [3.05, 3.63) is 66.2 Å². The van der Waals surface area contributed by atoms with E-state index in [0.29, 0.717) is 13.1 Å². The number of likely N-dealkylation sites (N-methyl/N-ethyl adjacent to an activating group) is 2. The van der Waals surface area contributed by atoms with Crippen molar-refractivity contribution in [2.75, 3.05) is 39.1 Å². The summed E-state index contributed by atoms with van der Waals surface area (Å²) in [5, 5.41) is 3.04. The summed E-state index contributed by atoms with van der Waals surface area (Å²) in [5.74, 6) is 0.0270. The first-order chi connectivity index (χ1) is 11.1. The number of nitrogens with zero attached hydrogens (tertiary/aromatic N) is 2. The van der Waals surface area contributed by atoms with Crippen LogP contribution in [0.4, 0.5) is 5.69 Å². The first kappa shape index (κ1) is 17.0. The van der Waals surface area contributed by atoms with Gasteiger partial charge in [0.05, 0.1) is 12.6 Å². The molecule has 0 heterocycles. The highest BCUT2D eigenvalue weighted by molar-refractivity contribution is 5.81. The van der Waals surface area contributed by atoms with Crippen LogP contribution in [0.15, 0.2) is 60.7 Å². The van der Waals surface area contributed by atoms with Gasteiger partial charge in [-0.1, -0.05) is 48.5 Å². The number of nitrogens with one attached hydrogen (secondary N) is 1. The van der Waals surface area contributed by atoms with Crippen LogP contribution in [-0.4, -0.2) is 45.0 Å². The highest BCUT2D eigenvalue weighted by atomic mass is 16.2. The molecule has 0 saturated heterocycles. The van der Waals surface area contributed by atoms with Crippen LogP contribution in [0.2, 0.25) is 0 Å². The molecule has 0 spiro atoms. The second kappa shape index (κ2) is 8.34. The second-order valence-electron chi connectivity index (χ2n) is 5.89. The number of hydrogen-bond donors (Lipinski definition) is 1. The van der Waals surface area contributed by atoms with Crippen molar-refractivity contribution < 1.29 is 4.79 Å². The maximum absolute atomic E-state index is 12.2. The van der Waals surface area contributed by atoms with Crippen molar-refractivity contribution in [2.24, 2.45) is 0 Å². The molecule has 4 heteroatoms. The summed E-state index contributed by atoms with van der Waals surface area (Å²) in [6.45, 7) is 0.942. The van der Waals surface area contributed by atoms with E-state index in [1.165, 1.54) is 5.56 Å². The molecule has 0 aliphatic carbocycles. The van der Waals surface area contributed by atoms with E-state index in [0.717, 1.165) is 5.69 Å². The van der Waals surface area contributed by atoms with E-state index in [1.807, 2.05) is 74.6 Å². The van der Waals surface area contributed by atoms with Gasteiger partial charge in [-0.3, -0.25) is 4.79 Å². The van der Waals surface area contributed by atoms with Gasteiger partial charge >= 0.3 is 0 Å². The average molecular weight is 311 g/mol. The standard InChI is InChI=1S/C19H25N3O/c1-21(2)18(16-10-6-4-7-11-16)14-20-19(23)15-22(3)17-12-8-5-9-13-17/h4-13,18H,14-15H2,1-3H3,(H,20,23). The first-order valence-electron chi connectivity index (χ1n) is 7.82. The largest absolute Gasteiger partial charge is 0.365 e. The van der Waals surface area contributed by atoms with E-state index in [2.05, 4.69) is 22.3 Å². The Morgan fingerprint density at radius 1 is 0.957 bits per heavy atom. The van der Waals surface area contributed by atoms with E-state index >= 15 is 0 Å². The van der Waals surface area contributed by atoms with E-state index in [1.54, 1.807) is 0 Å². The molecular weight excluding hydrogens is 286 g/mol. The molecule has 2 aromatic carbocycles. The maximum atomic E-state index is 12.2. The molecule has 23 heavy (non-hydrogen) atoms. The van der Waals surface area contributed by atoms with Gasteiger partial charge in [-0.25, -0.2) is 0 Å². The normalized spacial score (nSPS) is 12.0. The Bertz CT molecular complexity index is 599. The quantitative estimate of drug-likeness (QED) is 0.853. The molecule has 0 bridgehead atoms. The Morgan fingerprint density at radius 3 is 2.09 bits per heavy atom. The highest BCUT2D eigenvalue weighted by Gasteiger charge is 2.15. The molecule has 122 valence electrons. The number of benzene rings is 2. The number of amides is 1. The zero-order valence-electron chi connectivity index (χ0n) is 14.1. The lowest BCUT2D eigenvalue weighted by atomic mass is 10.1. The van der Waals surface area contributed by atoms with Crippen LogP contribution in [0.3, 0.4) is 0 Å². The van der Waals surface area contributed by atoms with Crippen LogP contribution < -0.4 is 10.2 Å². The number of para-hydroxylation sites is 1. The molecule has 1 atom stereocenters. The Balaban J connectivity index is 1.89. The topological polar surface area (TPSA) is 35.6 Å². The molecule has 0 fully saturated rings. The number of hydrogen-bond acceptors (Lipinski definition) is 3. The molecule has 0 aliphatic heterocycles. The summed E-state index contributed by atoms with van der Waals surface area (Å²) in [5.41, 5.74) is 2.24. The molecule has 2 aromatic rings. The Labute approximate surface area is 138 Å². The molecule has 1 unspecified atom stereocenters. The summed E-state index contributed by atoms with van der Waals surface area (Å²) in [4.78, 5) is 16.3. The lowest BCUT2D eigenvalue weighted by Gasteiger charge is -2.26. The van der Waals surface area contributed by atoms with Crippen molar-refractivity contribution in [3.63, 3.8) is 0 Å². The Hall–Kier alpha value is -2.33. The molecule has 0 radical (unpaired) electrons. The smallest absolute Gasteiger partial charge is 0.239 e. The van der Waals surface area contributed by atoms with Crippen molar-refractivity contribution in [1.82, 2.24) is 10.2 Å². The minimum Gasteiger partial charge on any atom is -0.365 e. The number of rotatable bonds is 7. The molecule has 0 aromatic heterocycles. The van der Waals surface area contributed by atoms with Gasteiger partial charge in [-0.15, -0.1) is 0 Å². The summed E-state index contributed by atoms with van der Waals surface area (Å²) < 4.78 is 0.